The van der Waals surface area contributed by atoms with E-state index in [9.17, 15) is 0 Å². The Labute approximate surface area is 201 Å². The van der Waals surface area contributed by atoms with E-state index in [-0.39, 0.29) is 0 Å². The van der Waals surface area contributed by atoms with Crippen molar-refractivity contribution in [2.75, 3.05) is 5.32 Å². The zero-order valence-corrected chi connectivity index (χ0v) is 19.3. The van der Waals surface area contributed by atoms with E-state index in [1.165, 1.54) is 44.2 Å². The highest BCUT2D eigenvalue weighted by atomic mass is 14.9. The van der Waals surface area contributed by atoms with Gasteiger partial charge in [0, 0.05) is 11.4 Å². The molecule has 5 aromatic rings. The molecule has 0 spiro atoms. The molecule has 0 aromatic heterocycles. The van der Waals surface area contributed by atoms with Gasteiger partial charge in [-0.3, -0.25) is 0 Å². The normalized spacial score (nSPS) is 14.7. The van der Waals surface area contributed by atoms with Crippen LogP contribution in [0.15, 0.2) is 115 Å². The van der Waals surface area contributed by atoms with Gasteiger partial charge in [0.05, 0.1) is 0 Å². The molecule has 1 aliphatic rings. The maximum Gasteiger partial charge on any atom is 0.0384 e. The van der Waals surface area contributed by atoms with Crippen molar-refractivity contribution in [1.82, 2.24) is 0 Å². The topological polar surface area (TPSA) is 12.0 Å². The Morgan fingerprint density at radius 2 is 1.24 bits per heavy atom. The summed E-state index contributed by atoms with van der Waals surface area (Å²) in [7, 11) is 0. The summed E-state index contributed by atoms with van der Waals surface area (Å²) in [5.74, 6) is 0.550. The molecule has 1 heteroatoms. The molecule has 0 saturated carbocycles. The van der Waals surface area contributed by atoms with Crippen molar-refractivity contribution in [2.24, 2.45) is 0 Å². The number of hydrogen-bond acceptors (Lipinski definition) is 1. The fourth-order valence-electron chi connectivity index (χ4n) is 5.16. The van der Waals surface area contributed by atoms with E-state index in [4.69, 9.17) is 0 Å². The molecule has 0 aliphatic heterocycles. The summed E-state index contributed by atoms with van der Waals surface area (Å²) in [6.45, 7) is 2.32. The molecule has 0 amide bonds. The lowest BCUT2D eigenvalue weighted by atomic mass is 9.83. The number of allylic oxidation sites excluding steroid dienone is 1. The summed E-state index contributed by atoms with van der Waals surface area (Å²) in [6.07, 6.45) is 5.66. The smallest absolute Gasteiger partial charge is 0.0384 e. The van der Waals surface area contributed by atoms with Crippen molar-refractivity contribution in [3.05, 3.63) is 126 Å². The summed E-state index contributed by atoms with van der Waals surface area (Å²) >= 11 is 0. The van der Waals surface area contributed by atoms with Crippen LogP contribution in [0.3, 0.4) is 0 Å². The Kier molecular flexibility index (Phi) is 5.24. The SMILES string of the molecule is CC1CC=Cc2cccc(-c3ccc(Nc4ccc(-c5cccc6ccccc56)cc4)cc3)c21. The fraction of sp³-hybridized carbons (Fsp3) is 0.0909. The first-order valence-corrected chi connectivity index (χ1v) is 12.0. The lowest BCUT2D eigenvalue weighted by Crippen LogP contribution is -2.02. The molecule has 1 aliphatic carbocycles. The Bertz CT molecular complexity index is 1490. The molecule has 34 heavy (non-hydrogen) atoms. The number of benzene rings is 5. The summed E-state index contributed by atoms with van der Waals surface area (Å²) in [5.41, 5.74) is 10.1. The first-order chi connectivity index (χ1) is 16.8. The van der Waals surface area contributed by atoms with E-state index in [1.807, 2.05) is 0 Å². The maximum absolute atomic E-state index is 3.56. The van der Waals surface area contributed by atoms with Crippen LogP contribution in [0.25, 0.3) is 39.1 Å². The minimum absolute atomic E-state index is 0.550. The first kappa shape index (κ1) is 20.5. The minimum atomic E-state index is 0.550. The van der Waals surface area contributed by atoms with Gasteiger partial charge in [-0.1, -0.05) is 104 Å². The molecule has 164 valence electrons. The van der Waals surface area contributed by atoms with Gasteiger partial charge in [-0.2, -0.15) is 0 Å². The summed E-state index contributed by atoms with van der Waals surface area (Å²) in [6, 6.07) is 39.2. The molecule has 0 radical (unpaired) electrons. The van der Waals surface area contributed by atoms with Crippen molar-refractivity contribution in [3.8, 4) is 22.3 Å². The van der Waals surface area contributed by atoms with Gasteiger partial charge >= 0.3 is 0 Å². The molecule has 0 saturated heterocycles. The van der Waals surface area contributed by atoms with Crippen LogP contribution in [-0.4, -0.2) is 0 Å². The van der Waals surface area contributed by atoms with Crippen LogP contribution in [0.5, 0.6) is 0 Å². The van der Waals surface area contributed by atoms with Crippen LogP contribution in [0.4, 0.5) is 11.4 Å². The van der Waals surface area contributed by atoms with Crippen molar-refractivity contribution in [1.29, 1.82) is 0 Å². The molecule has 1 N–H and O–H groups in total. The molecule has 1 atom stereocenters. The lowest BCUT2D eigenvalue weighted by Gasteiger charge is -2.22. The van der Waals surface area contributed by atoms with Crippen LogP contribution in [0, 0.1) is 0 Å². The second kappa shape index (κ2) is 8.68. The van der Waals surface area contributed by atoms with Gasteiger partial charge in [-0.15, -0.1) is 0 Å². The Morgan fingerprint density at radius 1 is 0.618 bits per heavy atom. The summed E-state index contributed by atoms with van der Waals surface area (Å²) in [5, 5.41) is 6.12. The van der Waals surface area contributed by atoms with Crippen molar-refractivity contribution in [2.45, 2.75) is 19.3 Å². The molecule has 6 rings (SSSR count). The molecule has 1 nitrogen and oxygen atoms in total. The number of hydrogen-bond donors (Lipinski definition) is 1. The number of rotatable bonds is 4. The Hall–Kier alpha value is -4.10. The first-order valence-electron chi connectivity index (χ1n) is 12.0. The standard InChI is InChI=1S/C33H27N/c1-23-7-4-10-27-11-6-14-32(33(23)27)26-17-21-29(22-18-26)34-28-19-15-25(16-20-28)31-13-5-9-24-8-2-3-12-30(24)31/h2-6,8-23,34H,7H2,1H3. The highest BCUT2D eigenvalue weighted by Crippen LogP contribution is 2.38. The van der Waals surface area contributed by atoms with Crippen molar-refractivity contribution >= 4 is 28.2 Å². The maximum atomic E-state index is 3.56. The Morgan fingerprint density at radius 3 is 2.00 bits per heavy atom. The average molecular weight is 438 g/mol. The molecular weight excluding hydrogens is 410 g/mol. The van der Waals surface area contributed by atoms with E-state index in [0.29, 0.717) is 5.92 Å². The summed E-state index contributed by atoms with van der Waals surface area (Å²) < 4.78 is 0. The van der Waals surface area contributed by atoms with Crippen molar-refractivity contribution in [3.63, 3.8) is 0 Å². The van der Waals surface area contributed by atoms with Gasteiger partial charge in [0.1, 0.15) is 0 Å². The second-order valence-electron chi connectivity index (χ2n) is 9.15. The molecule has 5 aromatic carbocycles. The van der Waals surface area contributed by atoms with Gasteiger partial charge < -0.3 is 5.32 Å². The van der Waals surface area contributed by atoms with Crippen LogP contribution in [0.1, 0.15) is 30.4 Å². The second-order valence-corrected chi connectivity index (χ2v) is 9.15. The van der Waals surface area contributed by atoms with Crippen LogP contribution in [0.2, 0.25) is 0 Å². The third-order valence-corrected chi connectivity index (χ3v) is 6.89. The minimum Gasteiger partial charge on any atom is -0.356 e. The molecular formula is C33H27N. The van der Waals surface area contributed by atoms with Gasteiger partial charge in [-0.05, 0) is 80.8 Å². The monoisotopic (exact) mass is 437 g/mol. The highest BCUT2D eigenvalue weighted by Gasteiger charge is 2.17. The van der Waals surface area contributed by atoms with Crippen LogP contribution in [-0.2, 0) is 0 Å². The zero-order valence-electron chi connectivity index (χ0n) is 19.3. The highest BCUT2D eigenvalue weighted by molar-refractivity contribution is 5.96. The number of fused-ring (bicyclic) bond motifs is 2. The van der Waals surface area contributed by atoms with Crippen LogP contribution < -0.4 is 5.32 Å². The van der Waals surface area contributed by atoms with Crippen LogP contribution >= 0.6 is 0 Å². The third kappa shape index (κ3) is 3.80. The van der Waals surface area contributed by atoms with Gasteiger partial charge in [0.15, 0.2) is 0 Å². The van der Waals surface area contributed by atoms with Gasteiger partial charge in [-0.25, -0.2) is 0 Å². The van der Waals surface area contributed by atoms with E-state index in [2.05, 4.69) is 134 Å². The van der Waals surface area contributed by atoms with E-state index < -0.39 is 0 Å². The number of nitrogens with one attached hydrogen (secondary N) is 1. The van der Waals surface area contributed by atoms with Crippen molar-refractivity contribution < 1.29 is 0 Å². The Balaban J connectivity index is 1.24. The van der Waals surface area contributed by atoms with Gasteiger partial charge in [0.2, 0.25) is 0 Å². The predicted molar refractivity (Wildman–Crippen MR) is 147 cm³/mol. The van der Waals surface area contributed by atoms with E-state index >= 15 is 0 Å². The average Bonchev–Trinajstić information content (AvgIpc) is 2.89. The lowest BCUT2D eigenvalue weighted by molar-refractivity contribution is 0.774. The fourth-order valence-corrected chi connectivity index (χ4v) is 5.16. The largest absolute Gasteiger partial charge is 0.356 e. The molecule has 0 fully saturated rings. The van der Waals surface area contributed by atoms with E-state index in [1.54, 1.807) is 0 Å². The third-order valence-electron chi connectivity index (χ3n) is 6.89. The zero-order chi connectivity index (χ0) is 22.9. The van der Waals surface area contributed by atoms with Gasteiger partial charge in [0.25, 0.3) is 0 Å². The van der Waals surface area contributed by atoms with E-state index in [0.717, 1.165) is 17.8 Å². The predicted octanol–water partition coefficient (Wildman–Crippen LogP) is 9.44. The molecule has 0 bridgehead atoms. The number of anilines is 2. The molecule has 1 unspecified atom stereocenters. The quantitative estimate of drug-likeness (QED) is 0.295. The molecule has 0 heterocycles. The summed E-state index contributed by atoms with van der Waals surface area (Å²) in [4.78, 5) is 0.